The van der Waals surface area contributed by atoms with Gasteiger partial charge in [0.1, 0.15) is 5.78 Å². The highest BCUT2D eigenvalue weighted by molar-refractivity contribution is 5.75. The lowest BCUT2D eigenvalue weighted by Crippen LogP contribution is -2.06. The smallest absolute Gasteiger partial charge is 0.300 e. The minimum Gasteiger partial charge on any atom is -0.300 e. The van der Waals surface area contributed by atoms with Gasteiger partial charge in [0, 0.05) is 12.8 Å². The number of alkyl halides is 3. The quantitative estimate of drug-likeness (QED) is 0.330. The Labute approximate surface area is 127 Å². The first-order chi connectivity index (χ1) is 9.92. The van der Waals surface area contributed by atoms with Crippen LogP contribution in [0.1, 0.15) is 96.8 Å². The summed E-state index contributed by atoms with van der Waals surface area (Å²) in [5.41, 5.74) is 0. The van der Waals surface area contributed by atoms with Crippen molar-refractivity contribution >= 4 is 5.78 Å². The van der Waals surface area contributed by atoms with E-state index in [9.17, 15) is 18.0 Å². The summed E-state index contributed by atoms with van der Waals surface area (Å²) in [7, 11) is 0. The zero-order chi connectivity index (χ0) is 16.0. The Morgan fingerprint density at radius 1 is 0.667 bits per heavy atom. The fourth-order valence-electron chi connectivity index (χ4n) is 2.47. The minimum absolute atomic E-state index is 0.282. The lowest BCUT2D eigenvalue weighted by Gasteiger charge is -2.05. The molecule has 0 saturated heterocycles. The van der Waals surface area contributed by atoms with Gasteiger partial charge in [-0.05, 0) is 19.8 Å². The molecule has 0 aromatic rings. The molecule has 0 fully saturated rings. The molecule has 0 spiro atoms. The summed E-state index contributed by atoms with van der Waals surface area (Å²) in [5.74, 6) is 0.283. The second-order valence-corrected chi connectivity index (χ2v) is 6.06. The third-order valence-electron chi connectivity index (χ3n) is 3.74. The summed E-state index contributed by atoms with van der Waals surface area (Å²) in [6, 6.07) is 0. The topological polar surface area (TPSA) is 17.1 Å². The zero-order valence-corrected chi connectivity index (χ0v) is 13.4. The van der Waals surface area contributed by atoms with Crippen molar-refractivity contribution in [2.45, 2.75) is 103 Å². The molecular formula is C17H31F3O. The van der Waals surface area contributed by atoms with E-state index in [1.807, 2.05) is 0 Å². The largest absolute Gasteiger partial charge is 0.389 e. The first kappa shape index (κ1) is 20.5. The summed E-state index contributed by atoms with van der Waals surface area (Å²) < 4.78 is 35.7. The van der Waals surface area contributed by atoms with Gasteiger partial charge in [0.2, 0.25) is 0 Å². The number of carbonyl (C=O) groups excluding carboxylic acids is 1. The number of rotatable bonds is 14. The van der Waals surface area contributed by atoms with E-state index < -0.39 is 12.6 Å². The van der Waals surface area contributed by atoms with Gasteiger partial charge in [-0.2, -0.15) is 13.2 Å². The summed E-state index contributed by atoms with van der Waals surface area (Å²) in [4.78, 5) is 10.7. The van der Waals surface area contributed by atoms with Gasteiger partial charge >= 0.3 is 6.18 Å². The highest BCUT2D eigenvalue weighted by Crippen LogP contribution is 2.23. The van der Waals surface area contributed by atoms with Crippen LogP contribution in [-0.4, -0.2) is 12.0 Å². The maximum atomic E-state index is 11.9. The van der Waals surface area contributed by atoms with Crippen molar-refractivity contribution in [3.8, 4) is 0 Å². The van der Waals surface area contributed by atoms with Gasteiger partial charge in [0.25, 0.3) is 0 Å². The fraction of sp³-hybridized carbons (Fsp3) is 0.941. The molecule has 0 unspecified atom stereocenters. The molecule has 1 nitrogen and oxygen atoms in total. The first-order valence-electron chi connectivity index (χ1n) is 8.48. The monoisotopic (exact) mass is 308 g/mol. The normalized spacial score (nSPS) is 11.8. The number of ketones is 1. The molecular weight excluding hydrogens is 277 g/mol. The third-order valence-corrected chi connectivity index (χ3v) is 3.74. The second kappa shape index (κ2) is 13.1. The van der Waals surface area contributed by atoms with Crippen LogP contribution in [0.15, 0.2) is 0 Å². The highest BCUT2D eigenvalue weighted by Gasteiger charge is 2.25. The van der Waals surface area contributed by atoms with Gasteiger partial charge in [-0.1, -0.05) is 64.2 Å². The molecule has 0 aliphatic heterocycles. The lowest BCUT2D eigenvalue weighted by atomic mass is 10.0. The van der Waals surface area contributed by atoms with Crippen LogP contribution in [0, 0.1) is 0 Å². The Morgan fingerprint density at radius 3 is 1.33 bits per heavy atom. The van der Waals surface area contributed by atoms with E-state index in [1.165, 1.54) is 32.1 Å². The van der Waals surface area contributed by atoms with E-state index in [0.717, 1.165) is 32.1 Å². The van der Waals surface area contributed by atoms with Crippen molar-refractivity contribution in [2.75, 3.05) is 0 Å². The Kier molecular flexibility index (Phi) is 12.8. The number of carbonyl (C=O) groups is 1. The van der Waals surface area contributed by atoms with Gasteiger partial charge in [-0.15, -0.1) is 0 Å². The molecule has 21 heavy (non-hydrogen) atoms. The Balaban J connectivity index is 3.04. The summed E-state index contributed by atoms with van der Waals surface area (Å²) in [6.45, 7) is 1.64. The Morgan fingerprint density at radius 2 is 1.00 bits per heavy atom. The molecule has 0 aromatic carbocycles. The first-order valence-corrected chi connectivity index (χ1v) is 8.48. The van der Waals surface area contributed by atoms with E-state index in [0.29, 0.717) is 12.8 Å². The summed E-state index contributed by atoms with van der Waals surface area (Å²) in [5, 5.41) is 0. The predicted octanol–water partition coefficient (Wildman–Crippen LogP) is 6.60. The molecule has 0 aliphatic rings. The molecule has 0 saturated carbocycles. The number of Topliss-reactive ketones (excluding diaryl/α,β-unsaturated/α-hetero) is 1. The molecule has 0 amide bonds. The van der Waals surface area contributed by atoms with Crippen LogP contribution in [0.25, 0.3) is 0 Å². The van der Waals surface area contributed by atoms with Gasteiger partial charge in [0.15, 0.2) is 0 Å². The van der Waals surface area contributed by atoms with Crippen LogP contribution in [0.4, 0.5) is 13.2 Å². The second-order valence-electron chi connectivity index (χ2n) is 6.06. The van der Waals surface area contributed by atoms with Crippen LogP contribution in [0.5, 0.6) is 0 Å². The van der Waals surface area contributed by atoms with Crippen LogP contribution >= 0.6 is 0 Å². The summed E-state index contributed by atoms with van der Waals surface area (Å²) in [6.07, 6.45) is 8.54. The van der Waals surface area contributed by atoms with Crippen LogP contribution < -0.4 is 0 Å². The lowest BCUT2D eigenvalue weighted by molar-refractivity contribution is -0.135. The van der Waals surface area contributed by atoms with E-state index >= 15 is 0 Å². The minimum atomic E-state index is -3.98. The van der Waals surface area contributed by atoms with Crippen LogP contribution in [0.3, 0.4) is 0 Å². The molecule has 0 heterocycles. The van der Waals surface area contributed by atoms with Crippen molar-refractivity contribution in [1.82, 2.24) is 0 Å². The van der Waals surface area contributed by atoms with Gasteiger partial charge in [-0.25, -0.2) is 0 Å². The molecule has 4 heteroatoms. The number of hydrogen-bond acceptors (Lipinski definition) is 1. The molecule has 0 bridgehead atoms. The zero-order valence-electron chi connectivity index (χ0n) is 13.4. The van der Waals surface area contributed by atoms with E-state index in [2.05, 4.69) is 0 Å². The van der Waals surface area contributed by atoms with Crippen molar-refractivity contribution in [2.24, 2.45) is 0 Å². The number of unbranched alkanes of at least 4 members (excludes halogenated alkanes) is 11. The van der Waals surface area contributed by atoms with Gasteiger partial charge in [0.05, 0.1) is 0 Å². The molecule has 0 rings (SSSR count). The molecule has 0 radical (unpaired) electrons. The SMILES string of the molecule is CC(=O)CCCCCCCCCCCCCCC(F)(F)F. The fourth-order valence-corrected chi connectivity index (χ4v) is 2.47. The highest BCUT2D eigenvalue weighted by atomic mass is 19.4. The van der Waals surface area contributed by atoms with Crippen LogP contribution in [0.2, 0.25) is 0 Å². The molecule has 0 aliphatic carbocycles. The van der Waals surface area contributed by atoms with Crippen molar-refractivity contribution in [3.05, 3.63) is 0 Å². The van der Waals surface area contributed by atoms with E-state index in [1.54, 1.807) is 6.92 Å². The molecule has 126 valence electrons. The van der Waals surface area contributed by atoms with E-state index in [4.69, 9.17) is 0 Å². The number of halogens is 3. The Hall–Kier alpha value is -0.540. The summed E-state index contributed by atoms with van der Waals surface area (Å²) >= 11 is 0. The van der Waals surface area contributed by atoms with Crippen molar-refractivity contribution in [1.29, 1.82) is 0 Å². The standard InChI is InChI=1S/C17H31F3O/c1-16(21)14-12-10-8-6-4-2-3-5-7-9-11-13-15-17(18,19)20/h2-15H2,1H3. The average Bonchev–Trinajstić information content (AvgIpc) is 2.37. The van der Waals surface area contributed by atoms with Crippen molar-refractivity contribution < 1.29 is 18.0 Å². The van der Waals surface area contributed by atoms with E-state index in [-0.39, 0.29) is 12.2 Å². The Bertz CT molecular complexity index is 249. The predicted molar refractivity (Wildman–Crippen MR) is 81.4 cm³/mol. The van der Waals surface area contributed by atoms with Gasteiger partial charge < -0.3 is 4.79 Å². The maximum Gasteiger partial charge on any atom is 0.389 e. The molecule has 0 atom stereocenters. The van der Waals surface area contributed by atoms with Gasteiger partial charge in [-0.3, -0.25) is 0 Å². The average molecular weight is 308 g/mol. The maximum absolute atomic E-state index is 11.9. The number of hydrogen-bond donors (Lipinski definition) is 0. The third kappa shape index (κ3) is 19.5. The van der Waals surface area contributed by atoms with Crippen molar-refractivity contribution in [3.63, 3.8) is 0 Å². The molecule has 0 N–H and O–H groups in total. The van der Waals surface area contributed by atoms with Crippen LogP contribution in [-0.2, 0) is 4.79 Å². The molecule has 0 aromatic heterocycles.